The molecule has 9 aromatic carbocycles. The molecule has 0 unspecified atom stereocenters. The predicted molar refractivity (Wildman–Crippen MR) is 234 cm³/mol. The predicted octanol–water partition coefficient (Wildman–Crippen LogP) is 14.7. The van der Waals surface area contributed by atoms with Gasteiger partial charge in [0.15, 0.2) is 0 Å². The van der Waals surface area contributed by atoms with Gasteiger partial charge < -0.3 is 9.47 Å². The van der Waals surface area contributed by atoms with Crippen LogP contribution in [0.15, 0.2) is 212 Å². The van der Waals surface area contributed by atoms with E-state index < -0.39 is 0 Å². The van der Waals surface area contributed by atoms with Crippen molar-refractivity contribution in [2.75, 3.05) is 4.90 Å². The maximum Gasteiger partial charge on any atom is 0.0562 e. The molecule has 2 nitrogen and oxygen atoms in total. The lowest BCUT2D eigenvalue weighted by molar-refractivity contribution is 1.19. The Morgan fingerprint density at radius 2 is 0.927 bits per heavy atom. The standard InChI is InChI=1S/C53H38N2/c1-37-27-29-41(30-28-37)47-35-42-19-8-9-20-43(42)36-52(47)55-49-24-13-11-22-46(49)53-50(25-14-26-51(53)55)54(44-33-31-39(32-34-44)38-15-4-2-5-16-38)48-23-12-10-21-45(48)40-17-6-3-7-18-40/h2-36H,1H3. The molecular weight excluding hydrogens is 665 g/mol. The second-order valence-electron chi connectivity index (χ2n) is 14.2. The minimum absolute atomic E-state index is 1.10. The number of fused-ring (bicyclic) bond motifs is 4. The molecule has 0 N–H and O–H groups in total. The van der Waals surface area contributed by atoms with Crippen molar-refractivity contribution in [2.24, 2.45) is 0 Å². The van der Waals surface area contributed by atoms with Gasteiger partial charge in [0, 0.05) is 27.6 Å². The summed E-state index contributed by atoms with van der Waals surface area (Å²) in [5.41, 5.74) is 15.2. The van der Waals surface area contributed by atoms with E-state index in [0.717, 1.165) is 28.3 Å². The highest BCUT2D eigenvalue weighted by molar-refractivity contribution is 6.17. The number of benzene rings is 9. The Hall–Kier alpha value is -7.16. The van der Waals surface area contributed by atoms with Crippen LogP contribution in [0, 0.1) is 6.92 Å². The van der Waals surface area contributed by atoms with Crippen LogP contribution in [-0.2, 0) is 0 Å². The molecule has 0 aliphatic carbocycles. The minimum Gasteiger partial charge on any atom is -0.309 e. The Kier molecular flexibility index (Phi) is 8.08. The van der Waals surface area contributed by atoms with Crippen LogP contribution in [0.1, 0.15) is 5.56 Å². The van der Waals surface area contributed by atoms with Gasteiger partial charge in [-0.05, 0) is 88.5 Å². The van der Waals surface area contributed by atoms with Crippen molar-refractivity contribution in [1.82, 2.24) is 4.57 Å². The monoisotopic (exact) mass is 702 g/mol. The van der Waals surface area contributed by atoms with Crippen LogP contribution in [0.5, 0.6) is 0 Å². The molecular formula is C53H38N2. The van der Waals surface area contributed by atoms with Crippen molar-refractivity contribution in [3.63, 3.8) is 0 Å². The van der Waals surface area contributed by atoms with Crippen molar-refractivity contribution in [1.29, 1.82) is 0 Å². The smallest absolute Gasteiger partial charge is 0.0562 e. The third-order valence-corrected chi connectivity index (χ3v) is 10.8. The third-order valence-electron chi connectivity index (χ3n) is 10.8. The van der Waals surface area contributed by atoms with E-state index >= 15 is 0 Å². The summed E-state index contributed by atoms with van der Waals surface area (Å²) in [7, 11) is 0. The number of nitrogens with zero attached hydrogens (tertiary/aromatic N) is 2. The van der Waals surface area contributed by atoms with Gasteiger partial charge in [-0.15, -0.1) is 0 Å². The van der Waals surface area contributed by atoms with Gasteiger partial charge in [-0.2, -0.15) is 0 Å². The van der Waals surface area contributed by atoms with Gasteiger partial charge in [0.05, 0.1) is 28.1 Å². The second kappa shape index (κ2) is 13.7. The number of hydrogen-bond acceptors (Lipinski definition) is 1. The molecule has 0 amide bonds. The van der Waals surface area contributed by atoms with Crippen molar-refractivity contribution in [2.45, 2.75) is 6.92 Å². The van der Waals surface area contributed by atoms with E-state index in [2.05, 4.69) is 229 Å². The first-order valence-corrected chi connectivity index (χ1v) is 18.9. The van der Waals surface area contributed by atoms with Crippen LogP contribution in [0.25, 0.3) is 71.6 Å². The molecule has 1 heterocycles. The first kappa shape index (κ1) is 32.5. The summed E-state index contributed by atoms with van der Waals surface area (Å²) in [4.78, 5) is 2.46. The van der Waals surface area contributed by atoms with Crippen molar-refractivity contribution < 1.29 is 0 Å². The summed E-state index contributed by atoms with van der Waals surface area (Å²) in [5, 5.41) is 4.86. The van der Waals surface area contributed by atoms with Gasteiger partial charge in [0.25, 0.3) is 0 Å². The van der Waals surface area contributed by atoms with E-state index in [1.165, 1.54) is 66.0 Å². The van der Waals surface area contributed by atoms with Gasteiger partial charge in [-0.3, -0.25) is 0 Å². The van der Waals surface area contributed by atoms with Crippen LogP contribution >= 0.6 is 0 Å². The van der Waals surface area contributed by atoms with Crippen molar-refractivity contribution >= 4 is 49.6 Å². The lowest BCUT2D eigenvalue weighted by Gasteiger charge is -2.29. The highest BCUT2D eigenvalue weighted by Gasteiger charge is 2.24. The molecule has 0 saturated carbocycles. The highest BCUT2D eigenvalue weighted by atomic mass is 15.2. The maximum atomic E-state index is 2.48. The Labute approximate surface area is 321 Å². The Morgan fingerprint density at radius 3 is 1.69 bits per heavy atom. The van der Waals surface area contributed by atoms with E-state index in [1.54, 1.807) is 0 Å². The fraction of sp³-hybridized carbons (Fsp3) is 0.0189. The number of aromatic nitrogens is 1. The van der Waals surface area contributed by atoms with Crippen LogP contribution in [0.4, 0.5) is 17.1 Å². The van der Waals surface area contributed by atoms with E-state index in [-0.39, 0.29) is 0 Å². The fourth-order valence-electron chi connectivity index (χ4n) is 8.20. The molecule has 260 valence electrons. The lowest BCUT2D eigenvalue weighted by atomic mass is 9.98. The molecule has 10 aromatic rings. The van der Waals surface area contributed by atoms with Crippen molar-refractivity contribution in [3.8, 4) is 39.1 Å². The third kappa shape index (κ3) is 5.76. The molecule has 0 aliphatic heterocycles. The zero-order chi connectivity index (χ0) is 36.7. The molecule has 0 radical (unpaired) electrons. The topological polar surface area (TPSA) is 8.17 Å². The van der Waals surface area contributed by atoms with Crippen molar-refractivity contribution in [3.05, 3.63) is 218 Å². The summed E-state index contributed by atoms with van der Waals surface area (Å²) in [6, 6.07) is 77.2. The normalized spacial score (nSPS) is 11.4. The zero-order valence-electron chi connectivity index (χ0n) is 30.6. The van der Waals surface area contributed by atoms with Gasteiger partial charge >= 0.3 is 0 Å². The zero-order valence-corrected chi connectivity index (χ0v) is 30.6. The lowest BCUT2D eigenvalue weighted by Crippen LogP contribution is -2.11. The van der Waals surface area contributed by atoms with E-state index in [0.29, 0.717) is 0 Å². The maximum absolute atomic E-state index is 2.48. The molecule has 0 atom stereocenters. The summed E-state index contributed by atoms with van der Waals surface area (Å²) in [6.07, 6.45) is 0. The average Bonchev–Trinajstić information content (AvgIpc) is 3.59. The average molecular weight is 703 g/mol. The SMILES string of the molecule is Cc1ccc(-c2cc3ccccc3cc2-n2c3ccccc3c3c(N(c4ccc(-c5ccccc5)cc4)c4ccccc4-c4ccccc4)cccc32)cc1. The molecule has 2 heteroatoms. The van der Waals surface area contributed by atoms with E-state index in [9.17, 15) is 0 Å². The second-order valence-corrected chi connectivity index (χ2v) is 14.2. The minimum atomic E-state index is 1.10. The van der Waals surface area contributed by atoms with Gasteiger partial charge in [0.2, 0.25) is 0 Å². The Balaban J connectivity index is 1.27. The molecule has 0 fully saturated rings. The number of rotatable bonds is 7. The van der Waals surface area contributed by atoms with E-state index in [4.69, 9.17) is 0 Å². The summed E-state index contributed by atoms with van der Waals surface area (Å²) >= 11 is 0. The largest absolute Gasteiger partial charge is 0.309 e. The quantitative estimate of drug-likeness (QED) is 0.160. The van der Waals surface area contributed by atoms with Crippen LogP contribution in [-0.4, -0.2) is 4.57 Å². The van der Waals surface area contributed by atoms with Crippen LogP contribution in [0.2, 0.25) is 0 Å². The first-order valence-electron chi connectivity index (χ1n) is 18.9. The molecule has 0 aliphatic rings. The van der Waals surface area contributed by atoms with E-state index in [1.807, 2.05) is 0 Å². The summed E-state index contributed by atoms with van der Waals surface area (Å²) < 4.78 is 2.48. The molecule has 55 heavy (non-hydrogen) atoms. The molecule has 0 spiro atoms. The fourth-order valence-corrected chi connectivity index (χ4v) is 8.20. The molecule has 0 saturated heterocycles. The molecule has 10 rings (SSSR count). The number of anilines is 3. The first-order chi connectivity index (χ1) is 27.2. The summed E-state index contributed by atoms with van der Waals surface area (Å²) in [5.74, 6) is 0. The highest BCUT2D eigenvalue weighted by Crippen LogP contribution is 2.47. The Bertz CT molecular complexity index is 2960. The Morgan fingerprint density at radius 1 is 0.382 bits per heavy atom. The summed E-state index contributed by atoms with van der Waals surface area (Å²) in [6.45, 7) is 2.15. The van der Waals surface area contributed by atoms with Crippen LogP contribution in [0.3, 0.4) is 0 Å². The van der Waals surface area contributed by atoms with Crippen LogP contribution < -0.4 is 4.90 Å². The number of para-hydroxylation sites is 2. The van der Waals surface area contributed by atoms with Gasteiger partial charge in [-0.25, -0.2) is 0 Å². The molecule has 0 bridgehead atoms. The number of hydrogen-bond donors (Lipinski definition) is 0. The molecule has 1 aromatic heterocycles. The van der Waals surface area contributed by atoms with Gasteiger partial charge in [-0.1, -0.05) is 169 Å². The number of aryl methyl sites for hydroxylation is 1. The van der Waals surface area contributed by atoms with Gasteiger partial charge in [0.1, 0.15) is 0 Å².